The fraction of sp³-hybridized carbons (Fsp3) is 0.300. The third-order valence-electron chi connectivity index (χ3n) is 4.82. The van der Waals surface area contributed by atoms with E-state index in [4.69, 9.17) is 0 Å². The average Bonchev–Trinajstić information content (AvgIpc) is 2.63. The summed E-state index contributed by atoms with van der Waals surface area (Å²) in [6, 6.07) is 4.98. The quantitative estimate of drug-likeness (QED) is 0.279. The summed E-state index contributed by atoms with van der Waals surface area (Å²) >= 11 is 0. The number of amides is 2. The van der Waals surface area contributed by atoms with Gasteiger partial charge in [-0.25, -0.2) is 16.8 Å². The number of hydrogen-bond acceptors (Lipinski definition) is 10. The summed E-state index contributed by atoms with van der Waals surface area (Å²) in [6.45, 7) is 5.54. The van der Waals surface area contributed by atoms with Gasteiger partial charge in [0.1, 0.15) is 0 Å². The molecule has 0 aromatic heterocycles. The Kier molecular flexibility index (Phi) is 8.16. The van der Waals surface area contributed by atoms with Crippen LogP contribution < -0.4 is 10.6 Å². The maximum Gasteiger partial charge on any atom is 0.314 e. The highest BCUT2D eigenvalue weighted by molar-refractivity contribution is 7.91. The highest BCUT2D eigenvalue weighted by Gasteiger charge is 2.28. The van der Waals surface area contributed by atoms with Crippen LogP contribution in [0.2, 0.25) is 0 Å². The summed E-state index contributed by atoms with van der Waals surface area (Å²) in [5.41, 5.74) is 0.656. The first-order chi connectivity index (χ1) is 16.4. The lowest BCUT2D eigenvalue weighted by Gasteiger charge is -2.14. The summed E-state index contributed by atoms with van der Waals surface area (Å²) in [4.78, 5) is 43.7. The maximum absolute atomic E-state index is 12.4. The van der Waals surface area contributed by atoms with Crippen LogP contribution in [0, 0.1) is 47.9 Å². The van der Waals surface area contributed by atoms with Gasteiger partial charge in [0, 0.05) is 21.2 Å². The smallest absolute Gasteiger partial charge is 0.314 e. The topological polar surface area (TPSA) is 213 Å². The van der Waals surface area contributed by atoms with Crippen molar-refractivity contribution in [2.45, 2.75) is 37.5 Å². The van der Waals surface area contributed by atoms with Crippen molar-refractivity contribution < 1.29 is 36.3 Å². The molecule has 2 N–H and O–H groups in total. The van der Waals surface area contributed by atoms with Crippen molar-refractivity contribution in [2.24, 2.45) is 0 Å². The Balaban J connectivity index is 2.24. The molecular weight excluding hydrogens is 520 g/mol. The molecule has 0 atom stereocenters. The molecule has 2 rings (SSSR count). The summed E-state index contributed by atoms with van der Waals surface area (Å²) in [7, 11) is -8.45. The molecule has 14 nitrogen and oxygen atoms in total. The first kappa shape index (κ1) is 28.3. The SMILES string of the molecule is Cc1cc(NC(=O)C(=O)Nc2cc(C)c(S(=O)(=O)C[N+](=O)[O-])c(C)c2)cc(C)c1S(=O)(=O)C[N+](=O)[O-]. The van der Waals surface area contributed by atoms with Crippen LogP contribution in [0.15, 0.2) is 34.1 Å². The van der Waals surface area contributed by atoms with E-state index in [2.05, 4.69) is 10.6 Å². The van der Waals surface area contributed by atoms with Crippen LogP contribution in [0.1, 0.15) is 22.3 Å². The molecule has 0 spiro atoms. The molecule has 0 radical (unpaired) electrons. The van der Waals surface area contributed by atoms with Gasteiger partial charge < -0.3 is 10.6 Å². The molecule has 0 aliphatic heterocycles. The van der Waals surface area contributed by atoms with E-state index in [9.17, 15) is 46.7 Å². The highest BCUT2D eigenvalue weighted by atomic mass is 32.2. The molecule has 0 aliphatic rings. The Morgan fingerprint density at radius 3 is 1.14 bits per heavy atom. The van der Waals surface area contributed by atoms with Crippen LogP contribution in [0.5, 0.6) is 0 Å². The highest BCUT2D eigenvalue weighted by Crippen LogP contribution is 2.27. The van der Waals surface area contributed by atoms with Gasteiger partial charge in [0.15, 0.2) is 0 Å². The van der Waals surface area contributed by atoms with Crippen molar-refractivity contribution in [2.75, 3.05) is 22.4 Å². The van der Waals surface area contributed by atoms with Crippen LogP contribution in [0.4, 0.5) is 11.4 Å². The van der Waals surface area contributed by atoms with Gasteiger partial charge in [-0.1, -0.05) is 0 Å². The molecule has 2 aromatic carbocycles. The minimum Gasteiger partial charge on any atom is -0.318 e. The zero-order valence-electron chi connectivity index (χ0n) is 19.5. The Morgan fingerprint density at radius 2 is 0.917 bits per heavy atom. The molecule has 0 heterocycles. The Hall–Kier alpha value is -3.92. The summed E-state index contributed by atoms with van der Waals surface area (Å²) in [5, 5.41) is 25.9. The molecule has 0 fully saturated rings. The van der Waals surface area contributed by atoms with Gasteiger partial charge in [-0.3, -0.25) is 29.8 Å². The lowest BCUT2D eigenvalue weighted by Crippen LogP contribution is -2.29. The third-order valence-corrected chi connectivity index (χ3v) is 8.45. The molecule has 0 saturated heterocycles. The van der Waals surface area contributed by atoms with Crippen LogP contribution in [0.3, 0.4) is 0 Å². The maximum atomic E-state index is 12.4. The first-order valence-electron chi connectivity index (χ1n) is 9.98. The number of sulfone groups is 2. The van der Waals surface area contributed by atoms with Crippen molar-refractivity contribution in [3.63, 3.8) is 0 Å². The van der Waals surface area contributed by atoms with Crippen molar-refractivity contribution in [1.29, 1.82) is 0 Å². The van der Waals surface area contributed by atoms with E-state index in [0.29, 0.717) is 0 Å². The van der Waals surface area contributed by atoms with Crippen LogP contribution in [-0.4, -0.2) is 50.3 Å². The monoisotopic (exact) mass is 542 g/mol. The number of aryl methyl sites for hydroxylation is 4. The second-order valence-corrected chi connectivity index (χ2v) is 11.7. The normalized spacial score (nSPS) is 11.6. The molecule has 194 valence electrons. The lowest BCUT2D eigenvalue weighted by atomic mass is 10.1. The molecule has 0 bridgehead atoms. The number of hydrogen-bond donors (Lipinski definition) is 2. The Labute approximate surface area is 205 Å². The van der Waals surface area contributed by atoms with Gasteiger partial charge in [0.2, 0.25) is 19.7 Å². The number of nitrogens with zero attached hydrogens (tertiary/aromatic N) is 2. The van der Waals surface area contributed by atoms with E-state index >= 15 is 0 Å². The van der Waals surface area contributed by atoms with Crippen molar-refractivity contribution in [3.8, 4) is 0 Å². The number of carbonyl (C=O) groups is 2. The molecule has 0 aliphatic carbocycles. The van der Waals surface area contributed by atoms with Gasteiger partial charge in [0.25, 0.3) is 0 Å². The summed E-state index contributed by atoms with van der Waals surface area (Å²) in [5.74, 6) is -4.85. The molecule has 2 aromatic rings. The Morgan fingerprint density at radius 1 is 0.667 bits per heavy atom. The van der Waals surface area contributed by atoms with Gasteiger partial charge in [-0.15, -0.1) is 0 Å². The zero-order chi connectivity index (χ0) is 27.6. The minimum absolute atomic E-state index is 0.0683. The number of benzene rings is 2. The van der Waals surface area contributed by atoms with E-state index in [1.165, 1.54) is 52.0 Å². The average molecular weight is 543 g/mol. The second-order valence-electron chi connectivity index (χ2n) is 7.94. The van der Waals surface area contributed by atoms with E-state index < -0.39 is 53.1 Å². The van der Waals surface area contributed by atoms with Crippen molar-refractivity contribution >= 4 is 42.9 Å². The second kappa shape index (κ2) is 10.4. The van der Waals surface area contributed by atoms with Gasteiger partial charge in [0.05, 0.1) is 9.79 Å². The minimum atomic E-state index is -4.22. The van der Waals surface area contributed by atoms with Gasteiger partial charge in [-0.2, -0.15) is 0 Å². The molecule has 0 unspecified atom stereocenters. The summed E-state index contributed by atoms with van der Waals surface area (Å²) in [6.07, 6.45) is 0. The fourth-order valence-corrected chi connectivity index (χ4v) is 6.82. The van der Waals surface area contributed by atoms with E-state index in [0.717, 1.165) is 0 Å². The van der Waals surface area contributed by atoms with Gasteiger partial charge >= 0.3 is 23.6 Å². The van der Waals surface area contributed by atoms with Crippen molar-refractivity contribution in [3.05, 3.63) is 66.7 Å². The summed E-state index contributed by atoms with van der Waals surface area (Å²) < 4.78 is 49.0. The number of anilines is 2. The van der Waals surface area contributed by atoms with Crippen molar-refractivity contribution in [1.82, 2.24) is 0 Å². The molecule has 36 heavy (non-hydrogen) atoms. The zero-order valence-corrected chi connectivity index (χ0v) is 21.2. The van der Waals surface area contributed by atoms with Crippen LogP contribution in [-0.2, 0) is 29.3 Å². The van der Waals surface area contributed by atoms with Crippen LogP contribution >= 0.6 is 0 Å². The lowest BCUT2D eigenvalue weighted by molar-refractivity contribution is -0.458. The number of rotatable bonds is 8. The largest absolute Gasteiger partial charge is 0.318 e. The van der Waals surface area contributed by atoms with Gasteiger partial charge in [-0.05, 0) is 74.2 Å². The molecule has 2 amide bonds. The predicted molar refractivity (Wildman–Crippen MR) is 127 cm³/mol. The third kappa shape index (κ3) is 6.60. The molecule has 16 heteroatoms. The fourth-order valence-electron chi connectivity index (χ4n) is 3.81. The number of carbonyl (C=O) groups excluding carboxylic acids is 2. The number of nitrogens with one attached hydrogen (secondary N) is 2. The van der Waals surface area contributed by atoms with E-state index in [-0.39, 0.29) is 43.4 Å². The predicted octanol–water partition coefficient (Wildman–Crippen LogP) is 1.51. The van der Waals surface area contributed by atoms with E-state index in [1.807, 2.05) is 0 Å². The van der Waals surface area contributed by atoms with Crippen LogP contribution in [0.25, 0.3) is 0 Å². The molecular formula is C20H22N4O10S2. The number of nitro groups is 2. The first-order valence-corrected chi connectivity index (χ1v) is 13.3. The van der Waals surface area contributed by atoms with E-state index in [1.54, 1.807) is 0 Å². The molecule has 0 saturated carbocycles. The standard InChI is InChI=1S/C20H22N4O10S2/c1-11-5-15(6-12(2)17(11)35(31,32)9-23(27)28)21-19(25)20(26)22-16-7-13(3)18(14(4)8-16)36(33,34)10-24(29)30/h5-8H,9-10H2,1-4H3,(H,21,25)(H,22,26). The Bertz CT molecular complexity index is 1340.